The van der Waals surface area contributed by atoms with Crippen LogP contribution in [-0.2, 0) is 0 Å². The summed E-state index contributed by atoms with van der Waals surface area (Å²) in [6, 6.07) is 10.0. The highest BCUT2D eigenvalue weighted by Gasteiger charge is 2.21. The summed E-state index contributed by atoms with van der Waals surface area (Å²) in [5, 5.41) is 2.93. The van der Waals surface area contributed by atoms with Crippen LogP contribution in [0.5, 0.6) is 0 Å². The molecule has 0 unspecified atom stereocenters. The first-order valence-electron chi connectivity index (χ1n) is 12.1. The predicted molar refractivity (Wildman–Crippen MR) is 145 cm³/mol. The maximum atomic E-state index is 12.1. The lowest BCUT2D eigenvalue weighted by Crippen LogP contribution is -2.34. The Morgan fingerprint density at radius 1 is 1.23 bits per heavy atom. The molecule has 2 heterocycles. The van der Waals surface area contributed by atoms with Gasteiger partial charge in [-0.3, -0.25) is 14.7 Å². The van der Waals surface area contributed by atoms with Crippen LogP contribution in [0.2, 0.25) is 0 Å². The molecule has 0 saturated carbocycles. The van der Waals surface area contributed by atoms with Crippen molar-refractivity contribution in [3.8, 4) is 0 Å². The van der Waals surface area contributed by atoms with E-state index in [0.29, 0.717) is 11.8 Å². The van der Waals surface area contributed by atoms with E-state index in [1.807, 2.05) is 32.2 Å². The molecule has 1 saturated heterocycles. The van der Waals surface area contributed by atoms with E-state index < -0.39 is 0 Å². The molecule has 7 nitrogen and oxygen atoms in total. The number of carbonyl (C=O) groups is 1. The first-order chi connectivity index (χ1) is 16.8. The van der Waals surface area contributed by atoms with Gasteiger partial charge in [0.05, 0.1) is 5.69 Å². The number of aliphatic imine (C=N–C) groups is 1. The summed E-state index contributed by atoms with van der Waals surface area (Å²) < 4.78 is 0. The number of amidine groups is 1. The molecule has 3 N–H and O–H groups in total. The highest BCUT2D eigenvalue weighted by molar-refractivity contribution is 5.94. The molecular weight excluding hydrogens is 436 g/mol. The van der Waals surface area contributed by atoms with Crippen molar-refractivity contribution in [3.63, 3.8) is 0 Å². The van der Waals surface area contributed by atoms with Crippen molar-refractivity contribution in [2.24, 2.45) is 10.7 Å². The normalized spacial score (nSPS) is 16.0. The first kappa shape index (κ1) is 26.2. The van der Waals surface area contributed by atoms with E-state index in [-0.39, 0.29) is 5.91 Å². The van der Waals surface area contributed by atoms with E-state index in [1.165, 1.54) is 11.1 Å². The monoisotopic (exact) mass is 474 g/mol. The number of aromatic nitrogens is 1. The molecule has 35 heavy (non-hydrogen) atoms. The molecule has 0 aliphatic carbocycles. The third-order valence-corrected chi connectivity index (χ3v) is 6.32. The zero-order chi connectivity index (χ0) is 25.4. The zero-order valence-corrected chi connectivity index (χ0v) is 21.6. The summed E-state index contributed by atoms with van der Waals surface area (Å²) in [5.74, 6) is 1.02. The molecular formula is C28H38N6O. The molecule has 0 radical (unpaired) electrons. The summed E-state index contributed by atoms with van der Waals surface area (Å²) >= 11 is 0. The number of piperidine rings is 1. The van der Waals surface area contributed by atoms with Crippen molar-refractivity contribution >= 4 is 23.5 Å². The Morgan fingerprint density at radius 2 is 1.91 bits per heavy atom. The molecule has 2 aromatic rings. The quantitative estimate of drug-likeness (QED) is 0.444. The number of nitrogens with zero attached hydrogens (tertiary/aromatic N) is 4. The van der Waals surface area contributed by atoms with Crippen LogP contribution in [0.1, 0.15) is 52.9 Å². The van der Waals surface area contributed by atoms with Gasteiger partial charge in [-0.2, -0.15) is 0 Å². The first-order valence-corrected chi connectivity index (χ1v) is 12.1. The van der Waals surface area contributed by atoms with Crippen molar-refractivity contribution in [2.45, 2.75) is 32.6 Å². The minimum atomic E-state index is 0.0449. The van der Waals surface area contributed by atoms with E-state index in [2.05, 4.69) is 45.3 Å². The Kier molecular flexibility index (Phi) is 9.20. The van der Waals surface area contributed by atoms with Crippen molar-refractivity contribution in [1.29, 1.82) is 0 Å². The van der Waals surface area contributed by atoms with Crippen LogP contribution in [0, 0.1) is 6.92 Å². The molecule has 1 aliphatic heterocycles. The predicted octanol–water partition coefficient (Wildman–Crippen LogP) is 4.10. The average molecular weight is 475 g/mol. The second kappa shape index (κ2) is 12.3. The number of nitrogens with one attached hydrogen (secondary N) is 1. The second-order valence-electron chi connectivity index (χ2n) is 9.35. The molecule has 1 aromatic carbocycles. The fourth-order valence-corrected chi connectivity index (χ4v) is 4.41. The number of aryl methyl sites for hydroxylation is 1. The molecule has 3 rings (SSSR count). The van der Waals surface area contributed by atoms with E-state index in [4.69, 9.17) is 5.73 Å². The number of pyridine rings is 1. The fraction of sp³-hybridized carbons (Fsp3) is 0.393. The van der Waals surface area contributed by atoms with Crippen molar-refractivity contribution in [1.82, 2.24) is 20.1 Å². The average Bonchev–Trinajstić information content (AvgIpc) is 2.85. The number of hydrogen-bond donors (Lipinski definition) is 2. The van der Waals surface area contributed by atoms with Crippen molar-refractivity contribution < 1.29 is 4.79 Å². The van der Waals surface area contributed by atoms with Crippen LogP contribution < -0.4 is 11.1 Å². The SMILES string of the molecule is CN/C=C\C(N)=Nc1ccnc(C)c1/C=C(\C)CN1CCC(c2ccc(C(=O)N(C)C)cc2)CC1. The largest absolute Gasteiger partial charge is 0.394 e. The molecule has 1 amide bonds. The minimum Gasteiger partial charge on any atom is -0.394 e. The van der Waals surface area contributed by atoms with Gasteiger partial charge in [0.15, 0.2) is 0 Å². The van der Waals surface area contributed by atoms with Crippen LogP contribution in [0.4, 0.5) is 5.69 Å². The van der Waals surface area contributed by atoms with Gasteiger partial charge in [0, 0.05) is 50.7 Å². The summed E-state index contributed by atoms with van der Waals surface area (Å²) in [6.45, 7) is 7.17. The van der Waals surface area contributed by atoms with Gasteiger partial charge in [-0.15, -0.1) is 0 Å². The van der Waals surface area contributed by atoms with Gasteiger partial charge in [-0.05, 0) is 81.7 Å². The van der Waals surface area contributed by atoms with E-state index in [1.54, 1.807) is 37.5 Å². The van der Waals surface area contributed by atoms with Gasteiger partial charge in [0.1, 0.15) is 5.84 Å². The smallest absolute Gasteiger partial charge is 0.253 e. The third-order valence-electron chi connectivity index (χ3n) is 6.32. The summed E-state index contributed by atoms with van der Waals surface area (Å²) in [6.07, 6.45) is 9.68. The molecule has 0 bridgehead atoms. The van der Waals surface area contributed by atoms with Gasteiger partial charge in [0.25, 0.3) is 5.91 Å². The van der Waals surface area contributed by atoms with E-state index >= 15 is 0 Å². The standard InChI is InChI=1S/C28H38N6O/c1-20(18-25-21(2)31-15-10-26(25)32-27(29)11-14-30-3)19-34-16-12-23(13-17-34)22-6-8-24(9-7-22)28(35)33(4)5/h6-11,14-15,18,23,30H,12-13,16-17,19H2,1-5H3,(H2,29,31,32)/b14-11-,20-18+. The lowest BCUT2D eigenvalue weighted by molar-refractivity contribution is 0.0827. The zero-order valence-electron chi connectivity index (χ0n) is 21.6. The third kappa shape index (κ3) is 7.26. The number of nitrogens with two attached hydrogens (primary N) is 1. The summed E-state index contributed by atoms with van der Waals surface area (Å²) in [7, 11) is 5.39. The van der Waals surface area contributed by atoms with Crippen LogP contribution in [0.3, 0.4) is 0 Å². The topological polar surface area (TPSA) is 86.8 Å². The van der Waals surface area contributed by atoms with Gasteiger partial charge in [-0.1, -0.05) is 23.8 Å². The minimum absolute atomic E-state index is 0.0449. The highest BCUT2D eigenvalue weighted by atomic mass is 16.2. The van der Waals surface area contributed by atoms with Crippen LogP contribution in [0.15, 0.2) is 59.4 Å². The van der Waals surface area contributed by atoms with Crippen molar-refractivity contribution in [2.75, 3.05) is 40.8 Å². The van der Waals surface area contributed by atoms with E-state index in [9.17, 15) is 4.79 Å². The summed E-state index contributed by atoms with van der Waals surface area (Å²) in [4.78, 5) is 25.3. The lowest BCUT2D eigenvalue weighted by atomic mass is 9.88. The van der Waals surface area contributed by atoms with Crippen molar-refractivity contribution in [3.05, 3.63) is 76.8 Å². The van der Waals surface area contributed by atoms with Gasteiger partial charge >= 0.3 is 0 Å². The maximum Gasteiger partial charge on any atom is 0.253 e. The van der Waals surface area contributed by atoms with Crippen LogP contribution in [0.25, 0.3) is 6.08 Å². The van der Waals surface area contributed by atoms with Gasteiger partial charge in [0.2, 0.25) is 0 Å². The second-order valence-corrected chi connectivity index (χ2v) is 9.35. The Morgan fingerprint density at radius 3 is 2.54 bits per heavy atom. The fourth-order valence-electron chi connectivity index (χ4n) is 4.41. The Hall–Kier alpha value is -3.45. The summed E-state index contributed by atoms with van der Waals surface area (Å²) in [5.41, 5.74) is 12.1. The molecule has 1 aliphatic rings. The molecule has 1 fully saturated rings. The van der Waals surface area contributed by atoms with Crippen LogP contribution >= 0.6 is 0 Å². The molecule has 1 aromatic heterocycles. The lowest BCUT2D eigenvalue weighted by Gasteiger charge is -2.32. The number of rotatable bonds is 8. The number of likely N-dealkylation sites (tertiary alicyclic amines) is 1. The Balaban J connectivity index is 1.63. The molecule has 7 heteroatoms. The van der Waals surface area contributed by atoms with Gasteiger partial charge in [-0.25, -0.2) is 4.99 Å². The van der Waals surface area contributed by atoms with E-state index in [0.717, 1.165) is 55.0 Å². The maximum absolute atomic E-state index is 12.1. The van der Waals surface area contributed by atoms with Gasteiger partial charge < -0.3 is 16.0 Å². The number of carbonyl (C=O) groups excluding carboxylic acids is 1. The molecule has 0 atom stereocenters. The number of benzene rings is 1. The Bertz CT molecular complexity index is 1090. The number of amides is 1. The Labute approximate surface area is 209 Å². The van der Waals surface area contributed by atoms with Crippen LogP contribution in [-0.4, -0.2) is 67.3 Å². The number of hydrogen-bond acceptors (Lipinski definition) is 5. The molecule has 0 spiro atoms. The highest BCUT2D eigenvalue weighted by Crippen LogP contribution is 2.29. The molecule has 186 valence electrons.